The highest BCUT2D eigenvalue weighted by molar-refractivity contribution is 5.54. The van der Waals surface area contributed by atoms with E-state index in [0.29, 0.717) is 12.2 Å². The van der Waals surface area contributed by atoms with Crippen molar-refractivity contribution in [2.75, 3.05) is 7.11 Å². The Morgan fingerprint density at radius 3 is 2.73 bits per heavy atom. The number of rotatable bonds is 4. The largest absolute Gasteiger partial charge is 0.504 e. The number of benzene rings is 1. The first kappa shape index (κ1) is 11.6. The number of carbonyl (C=O) groups is 1. The van der Waals surface area contributed by atoms with E-state index in [9.17, 15) is 9.90 Å². The fraction of sp³-hybridized carbons (Fsp3) is 0.417. The number of carbonyl (C=O) groups excluding carboxylic acids is 1. The molecule has 0 amide bonds. The van der Waals surface area contributed by atoms with Crippen molar-refractivity contribution in [2.45, 2.75) is 26.2 Å². The minimum Gasteiger partial charge on any atom is -0.504 e. The van der Waals surface area contributed by atoms with E-state index in [4.69, 9.17) is 4.74 Å². The number of aromatic hydroxyl groups is 1. The summed E-state index contributed by atoms with van der Waals surface area (Å²) in [6.45, 7) is 3.79. The van der Waals surface area contributed by atoms with Crippen LogP contribution in [0, 0.1) is 6.92 Å². The van der Waals surface area contributed by atoms with Gasteiger partial charge in [-0.2, -0.15) is 0 Å². The number of phenolic OH excluding ortho intramolecular Hbond substituents is 1. The van der Waals surface area contributed by atoms with Gasteiger partial charge in [-0.15, -0.1) is 0 Å². The average molecular weight is 208 g/mol. The highest BCUT2D eigenvalue weighted by Gasteiger charge is 2.11. The van der Waals surface area contributed by atoms with Gasteiger partial charge in [-0.25, -0.2) is 0 Å². The van der Waals surface area contributed by atoms with E-state index < -0.39 is 0 Å². The summed E-state index contributed by atoms with van der Waals surface area (Å²) in [6, 6.07) is 3.66. The van der Waals surface area contributed by atoms with E-state index in [-0.39, 0.29) is 11.7 Å². The summed E-state index contributed by atoms with van der Waals surface area (Å²) in [5.41, 5.74) is 1.77. The van der Waals surface area contributed by atoms with Crippen LogP contribution in [0.4, 0.5) is 0 Å². The summed E-state index contributed by atoms with van der Waals surface area (Å²) >= 11 is 0. The molecule has 0 saturated carbocycles. The number of hydrogen-bond donors (Lipinski definition) is 1. The number of aryl methyl sites for hydroxylation is 1. The molecule has 0 bridgehead atoms. The highest BCUT2D eigenvalue weighted by Crippen LogP contribution is 2.33. The van der Waals surface area contributed by atoms with Gasteiger partial charge in [0.05, 0.1) is 7.11 Å². The molecule has 0 aromatic heterocycles. The molecule has 1 rings (SSSR count). The monoisotopic (exact) mass is 208 g/mol. The second-order valence-corrected chi connectivity index (χ2v) is 3.69. The summed E-state index contributed by atoms with van der Waals surface area (Å²) in [5, 5.41) is 9.64. The number of ether oxygens (including phenoxy) is 1. The fourth-order valence-corrected chi connectivity index (χ4v) is 1.49. The molecule has 0 saturated heterocycles. The molecule has 1 aromatic rings. The molecule has 0 spiro atoms. The van der Waals surface area contributed by atoms with Crippen LogP contribution in [0.1, 0.15) is 30.4 Å². The maximum Gasteiger partial charge on any atom is 0.161 e. The van der Waals surface area contributed by atoms with Crippen LogP contribution in [0.25, 0.3) is 0 Å². The van der Waals surface area contributed by atoms with Crippen LogP contribution in [-0.2, 0) is 4.79 Å². The standard InChI is InChI=1S/C12H16O3/c1-8(4-5-13)10-6-9(2)12(14)11(7-10)15-3/h5-8,14H,4H2,1-3H3. The zero-order valence-corrected chi connectivity index (χ0v) is 9.28. The molecular weight excluding hydrogens is 192 g/mol. The Morgan fingerprint density at radius 1 is 1.53 bits per heavy atom. The molecule has 0 aliphatic heterocycles. The Kier molecular flexibility index (Phi) is 3.72. The molecule has 15 heavy (non-hydrogen) atoms. The Morgan fingerprint density at radius 2 is 2.20 bits per heavy atom. The summed E-state index contributed by atoms with van der Waals surface area (Å²) in [4.78, 5) is 10.4. The molecule has 82 valence electrons. The lowest BCUT2D eigenvalue weighted by molar-refractivity contribution is -0.108. The molecule has 0 aliphatic rings. The summed E-state index contributed by atoms with van der Waals surface area (Å²) < 4.78 is 5.06. The molecule has 3 heteroatoms. The van der Waals surface area contributed by atoms with E-state index in [0.717, 1.165) is 17.4 Å². The van der Waals surface area contributed by atoms with Crippen molar-refractivity contribution in [3.8, 4) is 11.5 Å². The van der Waals surface area contributed by atoms with Gasteiger partial charge in [0.25, 0.3) is 0 Å². The molecule has 1 atom stereocenters. The number of methoxy groups -OCH3 is 1. The number of aldehydes is 1. The lowest BCUT2D eigenvalue weighted by Crippen LogP contribution is -1.97. The van der Waals surface area contributed by atoms with Crippen molar-refractivity contribution < 1.29 is 14.6 Å². The third-order valence-electron chi connectivity index (χ3n) is 2.53. The van der Waals surface area contributed by atoms with E-state index in [2.05, 4.69) is 0 Å². The highest BCUT2D eigenvalue weighted by atomic mass is 16.5. The van der Waals surface area contributed by atoms with E-state index in [1.54, 1.807) is 6.07 Å². The zero-order valence-electron chi connectivity index (χ0n) is 9.28. The SMILES string of the molecule is COc1cc(C(C)CC=O)cc(C)c1O. The van der Waals surface area contributed by atoms with Gasteiger partial charge in [0.1, 0.15) is 6.29 Å². The molecule has 0 fully saturated rings. The summed E-state index contributed by atoms with van der Waals surface area (Å²) in [6.07, 6.45) is 1.38. The fourth-order valence-electron chi connectivity index (χ4n) is 1.49. The van der Waals surface area contributed by atoms with E-state index >= 15 is 0 Å². The van der Waals surface area contributed by atoms with Gasteiger partial charge in [0, 0.05) is 6.42 Å². The van der Waals surface area contributed by atoms with Gasteiger partial charge in [-0.05, 0) is 30.0 Å². The molecule has 0 radical (unpaired) electrons. The van der Waals surface area contributed by atoms with Gasteiger partial charge in [0.2, 0.25) is 0 Å². The number of phenols is 1. The van der Waals surface area contributed by atoms with Crippen molar-refractivity contribution in [1.29, 1.82) is 0 Å². The van der Waals surface area contributed by atoms with Gasteiger partial charge in [0.15, 0.2) is 11.5 Å². The first-order chi connectivity index (χ1) is 7.10. The van der Waals surface area contributed by atoms with Gasteiger partial charge < -0.3 is 14.6 Å². The van der Waals surface area contributed by atoms with Crippen LogP contribution in [0.5, 0.6) is 11.5 Å². The molecule has 1 aromatic carbocycles. The van der Waals surface area contributed by atoms with Gasteiger partial charge in [-0.1, -0.05) is 13.0 Å². The van der Waals surface area contributed by atoms with Crippen LogP contribution in [0.3, 0.4) is 0 Å². The predicted octanol–water partition coefficient (Wildman–Crippen LogP) is 2.40. The molecule has 1 N–H and O–H groups in total. The zero-order chi connectivity index (χ0) is 11.4. The summed E-state index contributed by atoms with van der Waals surface area (Å²) in [5.74, 6) is 0.776. The minimum absolute atomic E-state index is 0.149. The smallest absolute Gasteiger partial charge is 0.161 e. The maximum atomic E-state index is 10.4. The minimum atomic E-state index is 0.149. The Balaban J connectivity index is 3.10. The molecule has 1 unspecified atom stereocenters. The first-order valence-electron chi connectivity index (χ1n) is 4.91. The second kappa shape index (κ2) is 4.82. The number of hydrogen-bond acceptors (Lipinski definition) is 3. The molecule has 0 heterocycles. The first-order valence-corrected chi connectivity index (χ1v) is 4.91. The second-order valence-electron chi connectivity index (χ2n) is 3.69. The lowest BCUT2D eigenvalue weighted by atomic mass is 9.96. The van der Waals surface area contributed by atoms with Crippen molar-refractivity contribution in [1.82, 2.24) is 0 Å². The normalized spacial score (nSPS) is 12.2. The van der Waals surface area contributed by atoms with Crippen LogP contribution >= 0.6 is 0 Å². The van der Waals surface area contributed by atoms with Gasteiger partial charge in [-0.3, -0.25) is 0 Å². The van der Waals surface area contributed by atoms with Gasteiger partial charge >= 0.3 is 0 Å². The third kappa shape index (κ3) is 2.49. The summed E-state index contributed by atoms with van der Waals surface area (Å²) in [7, 11) is 1.52. The van der Waals surface area contributed by atoms with Crippen molar-refractivity contribution in [3.05, 3.63) is 23.3 Å². The molecule has 3 nitrogen and oxygen atoms in total. The quantitative estimate of drug-likeness (QED) is 0.773. The Hall–Kier alpha value is -1.51. The molecule has 0 aliphatic carbocycles. The van der Waals surface area contributed by atoms with E-state index in [1.807, 2.05) is 19.9 Å². The van der Waals surface area contributed by atoms with Crippen LogP contribution in [0.15, 0.2) is 12.1 Å². The van der Waals surface area contributed by atoms with Crippen LogP contribution in [0.2, 0.25) is 0 Å². The van der Waals surface area contributed by atoms with Crippen molar-refractivity contribution in [2.24, 2.45) is 0 Å². The Labute approximate surface area is 89.7 Å². The topological polar surface area (TPSA) is 46.5 Å². The average Bonchev–Trinajstić information content (AvgIpc) is 2.22. The van der Waals surface area contributed by atoms with Crippen LogP contribution in [-0.4, -0.2) is 18.5 Å². The van der Waals surface area contributed by atoms with Crippen molar-refractivity contribution in [3.63, 3.8) is 0 Å². The lowest BCUT2D eigenvalue weighted by Gasteiger charge is -2.13. The molecular formula is C12H16O3. The predicted molar refractivity (Wildman–Crippen MR) is 58.5 cm³/mol. The van der Waals surface area contributed by atoms with E-state index in [1.165, 1.54) is 7.11 Å². The van der Waals surface area contributed by atoms with Crippen molar-refractivity contribution >= 4 is 6.29 Å². The maximum absolute atomic E-state index is 10.4. The van der Waals surface area contributed by atoms with Crippen LogP contribution < -0.4 is 4.74 Å². The Bertz CT molecular complexity index is 358. The third-order valence-corrected chi connectivity index (χ3v) is 2.53.